The lowest BCUT2D eigenvalue weighted by molar-refractivity contribution is -0.147. The number of hydrogen-bond donors (Lipinski definition) is 2. The summed E-state index contributed by atoms with van der Waals surface area (Å²) in [7, 11) is 0. The third-order valence-electron chi connectivity index (χ3n) is 2.50. The number of aliphatic hydroxyl groups is 1. The molecule has 98 valence electrons. The van der Waals surface area contributed by atoms with Gasteiger partial charge < -0.3 is 19.7 Å². The van der Waals surface area contributed by atoms with Gasteiger partial charge in [0.1, 0.15) is 12.0 Å². The third kappa shape index (κ3) is 3.30. The number of rotatable bonds is 7. The average molecular weight is 252 g/mol. The van der Waals surface area contributed by atoms with E-state index < -0.39 is 12.1 Å². The Labute approximate surface area is 105 Å². The van der Waals surface area contributed by atoms with Crippen molar-refractivity contribution in [2.24, 2.45) is 0 Å². The molecule has 0 amide bonds. The van der Waals surface area contributed by atoms with Crippen molar-refractivity contribution in [3.63, 3.8) is 0 Å². The van der Waals surface area contributed by atoms with E-state index >= 15 is 0 Å². The molecule has 1 aromatic carbocycles. The Balaban J connectivity index is 3.19. The highest BCUT2D eigenvalue weighted by Gasteiger charge is 2.23. The third-order valence-corrected chi connectivity index (χ3v) is 2.50. The van der Waals surface area contributed by atoms with Crippen LogP contribution in [0.25, 0.3) is 0 Å². The van der Waals surface area contributed by atoms with E-state index in [-0.39, 0.29) is 12.0 Å². The maximum atomic E-state index is 10.9. The van der Waals surface area contributed by atoms with Crippen LogP contribution in [0.5, 0.6) is 5.75 Å². The molecule has 2 N–H and O–H groups in total. The van der Waals surface area contributed by atoms with Crippen molar-refractivity contribution >= 4 is 12.3 Å². The molecular formula is C13H16O5. The molecule has 0 aliphatic carbocycles. The molecule has 1 rings (SSSR count). The topological polar surface area (TPSA) is 83.8 Å². The van der Waals surface area contributed by atoms with Crippen molar-refractivity contribution in [1.29, 1.82) is 0 Å². The van der Waals surface area contributed by atoms with Gasteiger partial charge in [0.05, 0.1) is 6.61 Å². The van der Waals surface area contributed by atoms with E-state index in [1.54, 1.807) is 25.1 Å². The van der Waals surface area contributed by atoms with Gasteiger partial charge in [-0.15, -0.1) is 0 Å². The molecule has 0 fully saturated rings. The second-order valence-electron chi connectivity index (χ2n) is 3.71. The maximum Gasteiger partial charge on any atom is 0.337 e. The van der Waals surface area contributed by atoms with Gasteiger partial charge in [-0.2, -0.15) is 0 Å². The number of aryl methyl sites for hydroxylation is 1. The van der Waals surface area contributed by atoms with Gasteiger partial charge in [-0.05, 0) is 25.0 Å². The fraction of sp³-hybridized carbons (Fsp3) is 0.385. The number of carbonyl (C=O) groups excluding carboxylic acids is 1. The van der Waals surface area contributed by atoms with Crippen LogP contribution in [0.1, 0.15) is 30.6 Å². The van der Waals surface area contributed by atoms with Gasteiger partial charge in [-0.25, -0.2) is 4.79 Å². The standard InChI is InChI=1S/C13H16O5/c1-2-18-10-7-3-5-9(6-4-8-14)11(10)12(15)13(16)17/h3,5,7-8,12,15H,2,4,6H2,1H3,(H,16,17). The van der Waals surface area contributed by atoms with Crippen LogP contribution in [0, 0.1) is 0 Å². The van der Waals surface area contributed by atoms with Gasteiger partial charge in [0.15, 0.2) is 6.10 Å². The van der Waals surface area contributed by atoms with Crippen LogP contribution < -0.4 is 4.74 Å². The van der Waals surface area contributed by atoms with E-state index in [1.807, 2.05) is 0 Å². The summed E-state index contributed by atoms with van der Waals surface area (Å²) in [6.45, 7) is 2.14. The molecule has 18 heavy (non-hydrogen) atoms. The zero-order valence-electron chi connectivity index (χ0n) is 10.1. The molecule has 5 nitrogen and oxygen atoms in total. The fourth-order valence-corrected chi connectivity index (χ4v) is 1.74. The lowest BCUT2D eigenvalue weighted by Gasteiger charge is -2.16. The minimum absolute atomic E-state index is 0.230. The maximum absolute atomic E-state index is 10.9. The van der Waals surface area contributed by atoms with Gasteiger partial charge in [0, 0.05) is 12.0 Å². The summed E-state index contributed by atoms with van der Waals surface area (Å²) in [6, 6.07) is 5.01. The van der Waals surface area contributed by atoms with E-state index in [4.69, 9.17) is 9.84 Å². The molecule has 0 aliphatic rings. The number of carboxylic acids is 1. The van der Waals surface area contributed by atoms with E-state index in [1.165, 1.54) is 0 Å². The second kappa shape index (κ2) is 6.76. The highest BCUT2D eigenvalue weighted by atomic mass is 16.5. The second-order valence-corrected chi connectivity index (χ2v) is 3.71. The highest BCUT2D eigenvalue weighted by Crippen LogP contribution is 2.30. The minimum Gasteiger partial charge on any atom is -0.493 e. The van der Waals surface area contributed by atoms with E-state index in [0.717, 1.165) is 6.29 Å². The first-order valence-corrected chi connectivity index (χ1v) is 5.70. The highest BCUT2D eigenvalue weighted by molar-refractivity contribution is 5.76. The Kier molecular flexibility index (Phi) is 5.32. The van der Waals surface area contributed by atoms with Gasteiger partial charge in [-0.3, -0.25) is 0 Å². The molecule has 0 aliphatic heterocycles. The zero-order valence-corrected chi connectivity index (χ0v) is 10.1. The lowest BCUT2D eigenvalue weighted by atomic mass is 9.97. The van der Waals surface area contributed by atoms with Gasteiger partial charge >= 0.3 is 5.97 Å². The van der Waals surface area contributed by atoms with Crippen molar-refractivity contribution in [2.75, 3.05) is 6.61 Å². The average Bonchev–Trinajstić information content (AvgIpc) is 2.36. The fourth-order valence-electron chi connectivity index (χ4n) is 1.74. The Morgan fingerprint density at radius 2 is 2.22 bits per heavy atom. The van der Waals surface area contributed by atoms with Crippen molar-refractivity contribution in [3.05, 3.63) is 29.3 Å². The summed E-state index contributed by atoms with van der Waals surface area (Å²) >= 11 is 0. The molecule has 0 aromatic heterocycles. The Hall–Kier alpha value is -1.88. The van der Waals surface area contributed by atoms with E-state index in [0.29, 0.717) is 24.3 Å². The predicted molar refractivity (Wildman–Crippen MR) is 64.6 cm³/mol. The summed E-state index contributed by atoms with van der Waals surface area (Å²) in [5.74, 6) is -0.995. The Morgan fingerprint density at radius 3 is 2.78 bits per heavy atom. The quantitative estimate of drug-likeness (QED) is 0.715. The largest absolute Gasteiger partial charge is 0.493 e. The molecule has 1 unspecified atom stereocenters. The summed E-state index contributed by atoms with van der Waals surface area (Å²) in [6.07, 6.45) is -0.238. The molecule has 5 heteroatoms. The smallest absolute Gasteiger partial charge is 0.337 e. The van der Waals surface area contributed by atoms with Crippen LogP contribution in [0.15, 0.2) is 18.2 Å². The van der Waals surface area contributed by atoms with Crippen LogP contribution >= 0.6 is 0 Å². The van der Waals surface area contributed by atoms with Crippen LogP contribution in [0.2, 0.25) is 0 Å². The molecule has 1 atom stereocenters. The zero-order chi connectivity index (χ0) is 13.5. The monoisotopic (exact) mass is 252 g/mol. The summed E-state index contributed by atoms with van der Waals surface area (Å²) in [5.41, 5.74) is 0.844. The number of benzene rings is 1. The van der Waals surface area contributed by atoms with Crippen molar-refractivity contribution < 1.29 is 24.5 Å². The lowest BCUT2D eigenvalue weighted by Crippen LogP contribution is -2.14. The molecule has 0 saturated carbocycles. The van der Waals surface area contributed by atoms with E-state index in [9.17, 15) is 14.7 Å². The first-order valence-electron chi connectivity index (χ1n) is 5.70. The first-order chi connectivity index (χ1) is 8.61. The van der Waals surface area contributed by atoms with Crippen LogP contribution in [0.3, 0.4) is 0 Å². The molecule has 1 aromatic rings. The normalized spacial score (nSPS) is 11.9. The SMILES string of the molecule is CCOc1cccc(CCC=O)c1C(O)C(=O)O. The van der Waals surface area contributed by atoms with E-state index in [2.05, 4.69) is 0 Å². The van der Waals surface area contributed by atoms with Crippen molar-refractivity contribution in [1.82, 2.24) is 0 Å². The van der Waals surface area contributed by atoms with Gasteiger partial charge in [0.25, 0.3) is 0 Å². The van der Waals surface area contributed by atoms with Crippen LogP contribution in [0.4, 0.5) is 0 Å². The number of aldehydes is 1. The number of carbonyl (C=O) groups is 2. The number of hydrogen-bond acceptors (Lipinski definition) is 4. The molecule has 0 bridgehead atoms. The number of aliphatic carboxylic acids is 1. The van der Waals surface area contributed by atoms with Crippen molar-refractivity contribution in [3.8, 4) is 5.75 Å². The predicted octanol–water partition coefficient (Wildman–Crippen LogP) is 1.33. The molecular weight excluding hydrogens is 236 g/mol. The van der Waals surface area contributed by atoms with Crippen LogP contribution in [-0.4, -0.2) is 29.1 Å². The summed E-state index contributed by atoms with van der Waals surface area (Å²) in [4.78, 5) is 21.3. The van der Waals surface area contributed by atoms with Gasteiger partial charge in [0.2, 0.25) is 0 Å². The number of carboxylic acid groups (broad SMARTS) is 1. The summed E-state index contributed by atoms with van der Waals surface area (Å²) in [5, 5.41) is 18.6. The summed E-state index contributed by atoms with van der Waals surface area (Å²) < 4.78 is 5.32. The molecule has 0 saturated heterocycles. The molecule has 0 spiro atoms. The molecule has 0 radical (unpaired) electrons. The van der Waals surface area contributed by atoms with Crippen molar-refractivity contribution in [2.45, 2.75) is 25.9 Å². The molecule has 0 heterocycles. The number of aliphatic hydroxyl groups excluding tert-OH is 1. The Morgan fingerprint density at radius 1 is 1.50 bits per heavy atom. The first kappa shape index (κ1) is 14.2. The van der Waals surface area contributed by atoms with Gasteiger partial charge in [-0.1, -0.05) is 12.1 Å². The number of ether oxygens (including phenoxy) is 1. The Bertz CT molecular complexity index is 427. The van der Waals surface area contributed by atoms with Crippen LogP contribution in [-0.2, 0) is 16.0 Å². The minimum atomic E-state index is -1.64.